The molecule has 1 unspecified atom stereocenters. The number of hydrogen-bond acceptors (Lipinski definition) is 7. The number of aromatic nitrogens is 1. The normalized spacial score (nSPS) is 25.3. The molecule has 1 aromatic rings. The summed E-state index contributed by atoms with van der Waals surface area (Å²) in [5, 5.41) is 3.56. The number of pyridine rings is 1. The second-order valence-electron chi connectivity index (χ2n) is 12.8. The Morgan fingerprint density at radius 2 is 1.55 bits per heavy atom. The van der Waals surface area contributed by atoms with E-state index in [9.17, 15) is 9.59 Å². The minimum atomic E-state index is -0.520. The Labute approximate surface area is 227 Å². The molecule has 4 aliphatic rings. The molecular formula is C29H45N5O4. The first-order valence-electron chi connectivity index (χ1n) is 14.5. The van der Waals surface area contributed by atoms with Crippen molar-refractivity contribution in [3.05, 3.63) is 24.5 Å². The Morgan fingerprint density at radius 3 is 2.18 bits per heavy atom. The van der Waals surface area contributed by atoms with Crippen LogP contribution in [0.1, 0.15) is 72.1 Å². The van der Waals surface area contributed by atoms with E-state index >= 15 is 0 Å². The molecule has 1 aromatic heterocycles. The van der Waals surface area contributed by atoms with Crippen LogP contribution in [0.25, 0.3) is 0 Å². The number of piperidine rings is 4. The number of nitrogens with zero attached hydrogens (tertiary/aromatic N) is 4. The first kappa shape index (κ1) is 27.0. The third kappa shape index (κ3) is 5.87. The summed E-state index contributed by atoms with van der Waals surface area (Å²) in [7, 11) is 0. The lowest BCUT2D eigenvalue weighted by molar-refractivity contribution is -0.0682. The van der Waals surface area contributed by atoms with Crippen LogP contribution in [0.2, 0.25) is 0 Å². The zero-order valence-corrected chi connectivity index (χ0v) is 23.4. The molecule has 0 aromatic carbocycles. The Bertz CT molecular complexity index is 957. The van der Waals surface area contributed by atoms with Crippen molar-refractivity contribution in [2.45, 2.75) is 84.0 Å². The van der Waals surface area contributed by atoms with Gasteiger partial charge in [-0.3, -0.25) is 4.98 Å². The number of nitrogens with one attached hydrogen (secondary N) is 1. The van der Waals surface area contributed by atoms with E-state index < -0.39 is 5.60 Å². The first-order chi connectivity index (χ1) is 18.2. The number of ether oxygens (including phenoxy) is 2. The number of hydrogen-bond donors (Lipinski definition) is 1. The maximum absolute atomic E-state index is 13.6. The van der Waals surface area contributed by atoms with E-state index in [-0.39, 0.29) is 23.8 Å². The van der Waals surface area contributed by atoms with Crippen molar-refractivity contribution in [1.29, 1.82) is 0 Å². The van der Waals surface area contributed by atoms with E-state index in [1.54, 1.807) is 12.4 Å². The molecule has 0 bridgehead atoms. The molecule has 2 amide bonds. The summed E-state index contributed by atoms with van der Waals surface area (Å²) in [5.74, 6) is 0. The van der Waals surface area contributed by atoms with Gasteiger partial charge in [-0.05, 0) is 96.2 Å². The van der Waals surface area contributed by atoms with E-state index in [4.69, 9.17) is 9.47 Å². The van der Waals surface area contributed by atoms with E-state index in [1.807, 2.05) is 42.7 Å². The zero-order valence-electron chi connectivity index (χ0n) is 23.4. The topological polar surface area (TPSA) is 87.2 Å². The van der Waals surface area contributed by atoms with Crippen molar-refractivity contribution >= 4 is 17.9 Å². The molecule has 1 atom stereocenters. The summed E-state index contributed by atoms with van der Waals surface area (Å²) in [4.78, 5) is 36.6. The van der Waals surface area contributed by atoms with Crippen molar-refractivity contribution in [2.24, 2.45) is 10.8 Å². The average Bonchev–Trinajstić information content (AvgIpc) is 2.91. The van der Waals surface area contributed by atoms with Crippen LogP contribution in [-0.4, -0.2) is 84.6 Å². The van der Waals surface area contributed by atoms with Gasteiger partial charge in [0.25, 0.3) is 0 Å². The van der Waals surface area contributed by atoms with Crippen LogP contribution >= 0.6 is 0 Å². The maximum Gasteiger partial charge on any atom is 0.411 e. The van der Waals surface area contributed by atoms with E-state index in [2.05, 4.69) is 15.2 Å². The van der Waals surface area contributed by atoms with E-state index in [0.717, 1.165) is 76.9 Å². The van der Waals surface area contributed by atoms with Crippen LogP contribution < -0.4 is 10.2 Å². The Morgan fingerprint density at radius 1 is 0.895 bits per heavy atom. The maximum atomic E-state index is 13.6. The third-order valence-electron chi connectivity index (χ3n) is 9.14. The second kappa shape index (κ2) is 10.9. The molecule has 4 fully saturated rings. The largest absolute Gasteiger partial charge is 0.444 e. The summed E-state index contributed by atoms with van der Waals surface area (Å²) in [6.45, 7) is 11.4. The number of anilines is 1. The molecule has 5 rings (SSSR count). The van der Waals surface area contributed by atoms with Gasteiger partial charge in [-0.2, -0.15) is 0 Å². The van der Waals surface area contributed by atoms with Crippen molar-refractivity contribution in [1.82, 2.24) is 20.1 Å². The molecule has 210 valence electrons. The van der Waals surface area contributed by atoms with Crippen LogP contribution in [0.4, 0.5) is 15.3 Å². The Hall–Kier alpha value is -2.55. The molecule has 9 heteroatoms. The predicted octanol–water partition coefficient (Wildman–Crippen LogP) is 4.63. The molecule has 5 heterocycles. The van der Waals surface area contributed by atoms with Gasteiger partial charge in [0.1, 0.15) is 5.60 Å². The van der Waals surface area contributed by atoms with Crippen LogP contribution in [0.3, 0.4) is 0 Å². The highest BCUT2D eigenvalue weighted by molar-refractivity contribution is 5.69. The van der Waals surface area contributed by atoms with E-state index in [1.165, 1.54) is 12.8 Å². The van der Waals surface area contributed by atoms with Gasteiger partial charge >= 0.3 is 12.2 Å². The molecule has 9 nitrogen and oxygen atoms in total. The molecule has 2 spiro atoms. The minimum Gasteiger partial charge on any atom is -0.444 e. The number of carbonyl (C=O) groups excluding carboxylic acids is 2. The lowest BCUT2D eigenvalue weighted by Crippen LogP contribution is -2.60. The highest BCUT2D eigenvalue weighted by Gasteiger charge is 2.50. The van der Waals surface area contributed by atoms with Gasteiger partial charge in [0, 0.05) is 62.8 Å². The SMILES string of the molecule is CC(C)(C)OC(=O)N1CCC2(CCCN(c3ccncc3)C2OC(=O)N2CCC3(CCCNC3)CC2)CC1. The highest BCUT2D eigenvalue weighted by atomic mass is 16.6. The van der Waals surface area contributed by atoms with Gasteiger partial charge in [0.2, 0.25) is 0 Å². The molecule has 4 aliphatic heterocycles. The van der Waals surface area contributed by atoms with Gasteiger partial charge in [0.15, 0.2) is 6.23 Å². The number of carbonyl (C=O) groups is 2. The van der Waals surface area contributed by atoms with Crippen molar-refractivity contribution in [3.8, 4) is 0 Å². The molecule has 0 aliphatic carbocycles. The molecule has 4 saturated heterocycles. The number of likely N-dealkylation sites (tertiary alicyclic amines) is 2. The standard InChI is InChI=1S/C29H45N5O4/c1-27(2,3)38-26(36)33-20-12-29(13-21-33)9-5-17-34(23-6-15-30-16-7-23)24(29)37-25(35)32-18-10-28(11-19-32)8-4-14-31-22-28/h6-7,15-16,24,31H,4-5,8-14,17-22H2,1-3H3. The van der Waals surface area contributed by atoms with Crippen LogP contribution in [0.5, 0.6) is 0 Å². The summed E-state index contributed by atoms with van der Waals surface area (Å²) < 4.78 is 12.1. The van der Waals surface area contributed by atoms with Gasteiger partial charge in [-0.15, -0.1) is 0 Å². The zero-order chi connectivity index (χ0) is 26.8. The summed E-state index contributed by atoms with van der Waals surface area (Å²) in [6, 6.07) is 3.99. The Kier molecular flexibility index (Phi) is 7.76. The van der Waals surface area contributed by atoms with Gasteiger partial charge in [0.05, 0.1) is 0 Å². The van der Waals surface area contributed by atoms with E-state index in [0.29, 0.717) is 18.5 Å². The van der Waals surface area contributed by atoms with Crippen molar-refractivity contribution < 1.29 is 19.1 Å². The fourth-order valence-corrected chi connectivity index (χ4v) is 6.91. The van der Waals surface area contributed by atoms with Gasteiger partial charge in [-0.1, -0.05) is 0 Å². The first-order valence-corrected chi connectivity index (χ1v) is 14.5. The summed E-state index contributed by atoms with van der Waals surface area (Å²) >= 11 is 0. The molecule has 38 heavy (non-hydrogen) atoms. The van der Waals surface area contributed by atoms with Gasteiger partial charge in [-0.25, -0.2) is 9.59 Å². The highest BCUT2D eigenvalue weighted by Crippen LogP contribution is 2.47. The predicted molar refractivity (Wildman–Crippen MR) is 146 cm³/mol. The van der Waals surface area contributed by atoms with Crippen LogP contribution in [0.15, 0.2) is 24.5 Å². The van der Waals surface area contributed by atoms with Crippen LogP contribution in [0, 0.1) is 10.8 Å². The third-order valence-corrected chi connectivity index (χ3v) is 9.14. The quantitative estimate of drug-likeness (QED) is 0.600. The van der Waals surface area contributed by atoms with Crippen molar-refractivity contribution in [2.75, 3.05) is 50.7 Å². The average molecular weight is 528 g/mol. The summed E-state index contributed by atoms with van der Waals surface area (Å²) in [5.41, 5.74) is 0.629. The second-order valence-corrected chi connectivity index (χ2v) is 12.8. The molecule has 0 saturated carbocycles. The lowest BCUT2D eigenvalue weighted by Gasteiger charge is -2.53. The van der Waals surface area contributed by atoms with Crippen molar-refractivity contribution in [3.63, 3.8) is 0 Å². The molecular weight excluding hydrogens is 482 g/mol. The summed E-state index contributed by atoms with van der Waals surface area (Å²) in [6.07, 6.45) is 10.8. The lowest BCUT2D eigenvalue weighted by atomic mass is 9.70. The number of rotatable bonds is 2. The monoisotopic (exact) mass is 527 g/mol. The van der Waals surface area contributed by atoms with Crippen LogP contribution in [-0.2, 0) is 9.47 Å². The fourth-order valence-electron chi connectivity index (χ4n) is 6.91. The fraction of sp³-hybridized carbons (Fsp3) is 0.759. The smallest absolute Gasteiger partial charge is 0.411 e. The minimum absolute atomic E-state index is 0.205. The molecule has 0 radical (unpaired) electrons. The van der Waals surface area contributed by atoms with Gasteiger partial charge < -0.3 is 29.5 Å². The number of amides is 2. The molecule has 1 N–H and O–H groups in total. The Balaban J connectivity index is 1.30.